The number of rotatable bonds is 12. The normalized spacial score (nSPS) is 14.4. The van der Waals surface area contributed by atoms with Crippen LogP contribution in [0.15, 0.2) is 0 Å². The van der Waals surface area contributed by atoms with E-state index < -0.39 is 37.0 Å². The van der Waals surface area contributed by atoms with Gasteiger partial charge in [-0.15, -0.1) is 69.6 Å². The fraction of sp³-hybridized carbons (Fsp3) is 1.00. The predicted octanol–water partition coefficient (Wildman–Crippen LogP) is 6.95. The molecular weight excluding hydrogens is 610 g/mol. The summed E-state index contributed by atoms with van der Waals surface area (Å²) in [5.41, 5.74) is 0. The van der Waals surface area contributed by atoms with Crippen molar-refractivity contribution in [3.05, 3.63) is 0 Å². The fourth-order valence-electron chi connectivity index (χ4n) is 0.779. The Morgan fingerprint density at radius 3 is 0.880 bits per heavy atom. The van der Waals surface area contributed by atoms with Crippen LogP contribution in [0.4, 0.5) is 0 Å². The van der Waals surface area contributed by atoms with Gasteiger partial charge in [-0.2, -0.15) is 0 Å². The van der Waals surface area contributed by atoms with E-state index in [9.17, 15) is 0 Å². The highest BCUT2D eigenvalue weighted by atomic mass is 35.6. The molecule has 0 heterocycles. The summed E-state index contributed by atoms with van der Waals surface area (Å²) in [4.78, 5) is -3.49. The van der Waals surface area contributed by atoms with E-state index >= 15 is 0 Å². The molecule has 0 N–H and O–H groups in total. The summed E-state index contributed by atoms with van der Waals surface area (Å²) in [6.45, 7) is -1.10. The Kier molecular flexibility index (Phi) is 14.2. The molecule has 3 nitrogen and oxygen atoms in total. The molecule has 0 rings (SSSR count). The Labute approximate surface area is 207 Å². The van der Waals surface area contributed by atoms with Gasteiger partial charge in [0.25, 0.3) is 0 Å². The fourth-order valence-corrected chi connectivity index (χ4v) is 3.32. The smallest absolute Gasteiger partial charge is 0.368 e. The minimum absolute atomic E-state index is 0.367. The highest BCUT2D eigenvalue weighted by Crippen LogP contribution is 2.35. The van der Waals surface area contributed by atoms with Crippen molar-refractivity contribution in [3.8, 4) is 0 Å². The number of hydrogen-bond acceptors (Lipinski definition) is 3. The van der Waals surface area contributed by atoms with Gasteiger partial charge in [-0.1, -0.05) is 69.6 Å². The molecular formula is C9H9Cl12O3Si. The van der Waals surface area contributed by atoms with Gasteiger partial charge in [-0.05, 0) is 0 Å². The predicted molar refractivity (Wildman–Crippen MR) is 113 cm³/mol. The zero-order chi connectivity index (χ0) is 20.1. The second kappa shape index (κ2) is 12.4. The molecule has 0 aliphatic carbocycles. The van der Waals surface area contributed by atoms with Crippen LogP contribution in [0.3, 0.4) is 0 Å². The lowest BCUT2D eigenvalue weighted by atomic mass is 10.5. The van der Waals surface area contributed by atoms with Crippen molar-refractivity contribution in [2.75, 3.05) is 19.8 Å². The molecule has 0 saturated carbocycles. The van der Waals surface area contributed by atoms with E-state index in [1.807, 2.05) is 0 Å². The Morgan fingerprint density at radius 2 is 0.720 bits per heavy atom. The summed E-state index contributed by atoms with van der Waals surface area (Å²) in [6.07, 6.45) is 0. The molecule has 0 unspecified atom stereocenters. The van der Waals surface area contributed by atoms with Gasteiger partial charge >= 0.3 is 9.53 Å². The Morgan fingerprint density at radius 1 is 0.520 bits per heavy atom. The molecule has 0 spiro atoms. The van der Waals surface area contributed by atoms with E-state index in [-0.39, 0.29) is 19.8 Å². The van der Waals surface area contributed by atoms with E-state index in [1.165, 1.54) is 0 Å². The first-order valence-electron chi connectivity index (χ1n) is 5.85. The lowest BCUT2D eigenvalue weighted by Crippen LogP contribution is -2.42. The van der Waals surface area contributed by atoms with Gasteiger partial charge in [0.15, 0.2) is 13.0 Å². The van der Waals surface area contributed by atoms with Gasteiger partial charge in [0.2, 0.25) is 0 Å². The van der Waals surface area contributed by atoms with Crippen LogP contribution in [0.1, 0.15) is 0 Å². The van der Waals surface area contributed by atoms with Crippen LogP contribution in [-0.2, 0) is 13.3 Å². The minimum atomic E-state index is -2.60. The topological polar surface area (TPSA) is 27.7 Å². The number of alkyl halides is 12. The van der Waals surface area contributed by atoms with E-state index in [0.717, 1.165) is 0 Å². The Balaban J connectivity index is 4.87. The zero-order valence-corrected chi connectivity index (χ0v) is 21.7. The zero-order valence-electron chi connectivity index (χ0n) is 11.6. The average Bonchev–Trinajstić information content (AvgIpc) is 2.45. The molecule has 0 aromatic carbocycles. The first-order chi connectivity index (χ1) is 11.1. The summed E-state index contributed by atoms with van der Waals surface area (Å²) >= 11 is 69.1. The van der Waals surface area contributed by atoms with Gasteiger partial charge in [0.05, 0.1) is 19.8 Å². The first kappa shape index (κ1) is 28.6. The summed E-state index contributed by atoms with van der Waals surface area (Å²) in [6, 6.07) is 0. The maximum atomic E-state index is 5.89. The molecule has 0 aromatic rings. The van der Waals surface area contributed by atoms with E-state index in [0.29, 0.717) is 0 Å². The van der Waals surface area contributed by atoms with Crippen molar-refractivity contribution in [2.45, 2.75) is 27.5 Å². The van der Waals surface area contributed by atoms with Crippen LogP contribution in [0.5, 0.6) is 0 Å². The Bertz CT molecular complexity index is 337. The van der Waals surface area contributed by atoms with E-state index in [1.54, 1.807) is 0 Å². The monoisotopic (exact) mass is 613 g/mol. The largest absolute Gasteiger partial charge is 0.578 e. The third-order valence-electron chi connectivity index (χ3n) is 2.11. The lowest BCUT2D eigenvalue weighted by molar-refractivity contribution is 0.0873. The van der Waals surface area contributed by atoms with Gasteiger partial charge in [0.1, 0.15) is 14.5 Å². The molecule has 0 saturated heterocycles. The molecule has 151 valence electrons. The Hall–Kier alpha value is 3.58. The van der Waals surface area contributed by atoms with Crippen molar-refractivity contribution in [3.63, 3.8) is 0 Å². The van der Waals surface area contributed by atoms with Gasteiger partial charge in [-0.3, -0.25) is 0 Å². The quantitative estimate of drug-likeness (QED) is 0.175. The van der Waals surface area contributed by atoms with Crippen molar-refractivity contribution in [1.29, 1.82) is 0 Å². The molecule has 0 aromatic heterocycles. The summed E-state index contributed by atoms with van der Waals surface area (Å²) in [5.74, 6) is 0. The minimum Gasteiger partial charge on any atom is -0.368 e. The molecule has 0 fully saturated rings. The molecule has 0 amide bonds. The van der Waals surface area contributed by atoms with Gasteiger partial charge < -0.3 is 13.3 Å². The third-order valence-corrected chi connectivity index (χ3v) is 8.78. The van der Waals surface area contributed by atoms with Gasteiger partial charge in [0, 0.05) is 0 Å². The molecule has 0 aliphatic heterocycles. The highest BCUT2D eigenvalue weighted by molar-refractivity contribution is 6.61. The van der Waals surface area contributed by atoms with Crippen molar-refractivity contribution in [2.24, 2.45) is 0 Å². The highest BCUT2D eigenvalue weighted by Gasteiger charge is 2.40. The van der Waals surface area contributed by atoms with Crippen LogP contribution in [0, 0.1) is 0 Å². The summed E-state index contributed by atoms with van der Waals surface area (Å²) in [7, 11) is -2.60. The second-order valence-electron chi connectivity index (χ2n) is 4.30. The second-order valence-corrected chi connectivity index (χ2v) is 13.6. The molecule has 16 heteroatoms. The standard InChI is InChI=1S/C9H9Cl12O3Si/c10-4(11)7(16,17)1-22-25(23-2-8(18,19)5(12)13)24-3-9(20,21)6(14)15/h4-6H,1-3H2. The van der Waals surface area contributed by atoms with Crippen LogP contribution < -0.4 is 0 Å². The average molecular weight is 619 g/mol. The van der Waals surface area contributed by atoms with Gasteiger partial charge in [-0.25, -0.2) is 0 Å². The van der Waals surface area contributed by atoms with Crippen LogP contribution >= 0.6 is 139 Å². The third kappa shape index (κ3) is 11.5. The van der Waals surface area contributed by atoms with Crippen molar-refractivity contribution < 1.29 is 13.3 Å². The molecule has 0 atom stereocenters. The van der Waals surface area contributed by atoms with Crippen LogP contribution in [0.25, 0.3) is 0 Å². The van der Waals surface area contributed by atoms with E-state index in [4.69, 9.17) is 152 Å². The SMILES string of the molecule is ClC(Cl)C(Cl)(Cl)CO[Si](OCC(Cl)(Cl)C(Cl)Cl)OCC(Cl)(Cl)C(Cl)Cl. The molecule has 0 bridgehead atoms. The molecule has 25 heavy (non-hydrogen) atoms. The maximum Gasteiger partial charge on any atom is 0.578 e. The first-order valence-corrected chi connectivity index (χ1v) is 12.0. The number of hydrogen-bond donors (Lipinski definition) is 0. The molecule has 1 radical (unpaired) electrons. The number of halogens is 12. The van der Waals surface area contributed by atoms with Crippen LogP contribution in [0.2, 0.25) is 0 Å². The summed E-state index contributed by atoms with van der Waals surface area (Å²) in [5, 5.41) is 0. The lowest BCUT2D eigenvalue weighted by Gasteiger charge is -2.27. The molecule has 0 aliphatic rings. The maximum absolute atomic E-state index is 5.89. The van der Waals surface area contributed by atoms with Crippen molar-refractivity contribution in [1.82, 2.24) is 0 Å². The van der Waals surface area contributed by atoms with Crippen molar-refractivity contribution >= 4 is 149 Å². The van der Waals surface area contributed by atoms with E-state index in [2.05, 4.69) is 0 Å². The summed E-state index contributed by atoms with van der Waals surface area (Å²) < 4.78 is 11.1. The van der Waals surface area contributed by atoms with Crippen LogP contribution in [-0.4, -0.2) is 56.9 Å².